The predicted molar refractivity (Wildman–Crippen MR) is 63.6 cm³/mol. The average molecular weight is 272 g/mol. The lowest BCUT2D eigenvalue weighted by Crippen LogP contribution is -2.22. The molecule has 1 atom stereocenters. The Kier molecular flexibility index (Phi) is 3.11. The molecule has 1 aliphatic carbocycles. The maximum absolute atomic E-state index is 9.66. The second-order valence-corrected chi connectivity index (χ2v) is 4.79. The van der Waals surface area contributed by atoms with Gasteiger partial charge in [-0.05, 0) is 40.8 Å². The normalized spacial score (nSPS) is 17.5. The molecule has 1 heterocycles. The van der Waals surface area contributed by atoms with Crippen LogP contribution in [0, 0.1) is 5.92 Å². The molecule has 0 aliphatic heterocycles. The first-order chi connectivity index (χ1) is 7.16. The summed E-state index contributed by atoms with van der Waals surface area (Å²) in [4.78, 5) is 4.14. The molecule has 2 rings (SSSR count). The SMILES string of the molecule is Nc1cc(Br)cnc1NCC(O)C1CC1. The Balaban J connectivity index is 1.92. The van der Waals surface area contributed by atoms with E-state index in [2.05, 4.69) is 26.2 Å². The van der Waals surface area contributed by atoms with Crippen molar-refractivity contribution in [1.82, 2.24) is 4.98 Å². The van der Waals surface area contributed by atoms with Crippen LogP contribution in [0.25, 0.3) is 0 Å². The number of aliphatic hydroxyl groups is 1. The molecule has 1 fully saturated rings. The average Bonchev–Trinajstić information content (AvgIpc) is 2.99. The lowest BCUT2D eigenvalue weighted by Gasteiger charge is -2.12. The first kappa shape index (κ1) is 10.7. The van der Waals surface area contributed by atoms with Crippen LogP contribution in [-0.2, 0) is 0 Å². The van der Waals surface area contributed by atoms with Crippen molar-refractivity contribution in [3.63, 3.8) is 0 Å². The van der Waals surface area contributed by atoms with Gasteiger partial charge in [-0.15, -0.1) is 0 Å². The Morgan fingerprint density at radius 1 is 1.67 bits per heavy atom. The first-order valence-electron chi connectivity index (χ1n) is 5.00. The van der Waals surface area contributed by atoms with Crippen molar-refractivity contribution in [2.24, 2.45) is 5.92 Å². The zero-order valence-electron chi connectivity index (χ0n) is 8.28. The van der Waals surface area contributed by atoms with Crippen LogP contribution in [0.1, 0.15) is 12.8 Å². The van der Waals surface area contributed by atoms with Gasteiger partial charge in [-0.1, -0.05) is 0 Å². The molecule has 4 N–H and O–H groups in total. The number of hydrogen-bond donors (Lipinski definition) is 3. The molecular weight excluding hydrogens is 258 g/mol. The van der Waals surface area contributed by atoms with Gasteiger partial charge in [0, 0.05) is 17.2 Å². The number of rotatable bonds is 4. The van der Waals surface area contributed by atoms with Crippen molar-refractivity contribution >= 4 is 27.4 Å². The van der Waals surface area contributed by atoms with E-state index in [4.69, 9.17) is 5.73 Å². The summed E-state index contributed by atoms with van der Waals surface area (Å²) in [5, 5.41) is 12.7. The summed E-state index contributed by atoms with van der Waals surface area (Å²) < 4.78 is 0.855. The Hall–Kier alpha value is -0.810. The standard InChI is InChI=1S/C10H14BrN3O/c11-7-3-8(12)10(13-4-7)14-5-9(15)6-1-2-6/h3-4,6,9,15H,1-2,5,12H2,(H,13,14). The van der Waals surface area contributed by atoms with Crippen LogP contribution in [0.5, 0.6) is 0 Å². The van der Waals surface area contributed by atoms with Crippen LogP contribution >= 0.6 is 15.9 Å². The quantitative estimate of drug-likeness (QED) is 0.778. The Labute approximate surface area is 97.0 Å². The van der Waals surface area contributed by atoms with E-state index in [9.17, 15) is 5.11 Å². The number of anilines is 2. The summed E-state index contributed by atoms with van der Waals surface area (Å²) in [5.41, 5.74) is 6.35. The van der Waals surface area contributed by atoms with E-state index in [0.717, 1.165) is 17.3 Å². The highest BCUT2D eigenvalue weighted by atomic mass is 79.9. The fraction of sp³-hybridized carbons (Fsp3) is 0.500. The second-order valence-electron chi connectivity index (χ2n) is 3.88. The minimum absolute atomic E-state index is 0.283. The summed E-state index contributed by atoms with van der Waals surface area (Å²) in [7, 11) is 0. The van der Waals surface area contributed by atoms with E-state index in [0.29, 0.717) is 24.0 Å². The lowest BCUT2D eigenvalue weighted by atomic mass is 10.2. The Morgan fingerprint density at radius 3 is 3.00 bits per heavy atom. The topological polar surface area (TPSA) is 71.2 Å². The molecule has 0 bridgehead atoms. The van der Waals surface area contributed by atoms with Gasteiger partial charge in [-0.2, -0.15) is 0 Å². The van der Waals surface area contributed by atoms with Crippen molar-refractivity contribution in [2.75, 3.05) is 17.6 Å². The molecule has 0 aromatic carbocycles. The number of pyridine rings is 1. The molecule has 1 aromatic heterocycles. The van der Waals surface area contributed by atoms with Gasteiger partial charge in [-0.25, -0.2) is 4.98 Å². The van der Waals surface area contributed by atoms with Crippen LogP contribution in [0.4, 0.5) is 11.5 Å². The fourth-order valence-corrected chi connectivity index (χ4v) is 1.80. The van der Waals surface area contributed by atoms with E-state index >= 15 is 0 Å². The Morgan fingerprint density at radius 2 is 2.40 bits per heavy atom. The van der Waals surface area contributed by atoms with Gasteiger partial charge < -0.3 is 16.2 Å². The molecular formula is C10H14BrN3O. The highest BCUT2D eigenvalue weighted by Gasteiger charge is 2.29. The molecule has 1 unspecified atom stereocenters. The van der Waals surface area contributed by atoms with Crippen LogP contribution < -0.4 is 11.1 Å². The van der Waals surface area contributed by atoms with E-state index in [-0.39, 0.29) is 6.10 Å². The number of aliphatic hydroxyl groups excluding tert-OH is 1. The fourth-order valence-electron chi connectivity index (χ4n) is 1.45. The van der Waals surface area contributed by atoms with E-state index < -0.39 is 0 Å². The Bertz CT molecular complexity index is 355. The second kappa shape index (κ2) is 4.37. The van der Waals surface area contributed by atoms with Crippen LogP contribution in [0.3, 0.4) is 0 Å². The number of hydrogen-bond acceptors (Lipinski definition) is 4. The third kappa shape index (κ3) is 2.82. The third-order valence-electron chi connectivity index (χ3n) is 2.53. The number of nitrogens with zero attached hydrogens (tertiary/aromatic N) is 1. The molecule has 0 saturated heterocycles. The van der Waals surface area contributed by atoms with Crippen molar-refractivity contribution in [3.8, 4) is 0 Å². The summed E-state index contributed by atoms with van der Waals surface area (Å²) in [6, 6.07) is 1.79. The van der Waals surface area contributed by atoms with Gasteiger partial charge >= 0.3 is 0 Å². The van der Waals surface area contributed by atoms with Gasteiger partial charge in [0.25, 0.3) is 0 Å². The van der Waals surface area contributed by atoms with Gasteiger partial charge in [-0.3, -0.25) is 0 Å². The minimum atomic E-state index is -0.283. The predicted octanol–water partition coefficient (Wildman–Crippen LogP) is 1.61. The summed E-state index contributed by atoms with van der Waals surface area (Å²) in [5.74, 6) is 1.10. The molecule has 0 spiro atoms. The number of nitrogens with one attached hydrogen (secondary N) is 1. The number of halogens is 1. The smallest absolute Gasteiger partial charge is 0.149 e. The lowest BCUT2D eigenvalue weighted by molar-refractivity contribution is 0.164. The largest absolute Gasteiger partial charge is 0.396 e. The van der Waals surface area contributed by atoms with Crippen molar-refractivity contribution in [1.29, 1.82) is 0 Å². The maximum Gasteiger partial charge on any atom is 0.149 e. The van der Waals surface area contributed by atoms with E-state index in [1.807, 2.05) is 0 Å². The highest BCUT2D eigenvalue weighted by Crippen LogP contribution is 2.32. The molecule has 1 aromatic rings. The molecule has 82 valence electrons. The first-order valence-corrected chi connectivity index (χ1v) is 5.79. The minimum Gasteiger partial charge on any atom is -0.396 e. The summed E-state index contributed by atoms with van der Waals surface area (Å²) in [6.07, 6.45) is 3.66. The van der Waals surface area contributed by atoms with E-state index in [1.54, 1.807) is 12.3 Å². The number of nitrogens with two attached hydrogens (primary N) is 1. The third-order valence-corrected chi connectivity index (χ3v) is 2.96. The van der Waals surface area contributed by atoms with Gasteiger partial charge in [0.1, 0.15) is 5.82 Å². The summed E-state index contributed by atoms with van der Waals surface area (Å²) in [6.45, 7) is 0.517. The molecule has 1 aliphatic rings. The zero-order valence-corrected chi connectivity index (χ0v) is 9.87. The van der Waals surface area contributed by atoms with Crippen LogP contribution in [-0.4, -0.2) is 22.7 Å². The molecule has 5 heteroatoms. The molecule has 15 heavy (non-hydrogen) atoms. The number of nitrogen functional groups attached to an aromatic ring is 1. The van der Waals surface area contributed by atoms with Gasteiger partial charge in [0.2, 0.25) is 0 Å². The molecule has 0 amide bonds. The van der Waals surface area contributed by atoms with Crippen LogP contribution in [0.2, 0.25) is 0 Å². The van der Waals surface area contributed by atoms with E-state index in [1.165, 1.54) is 0 Å². The van der Waals surface area contributed by atoms with Crippen molar-refractivity contribution in [3.05, 3.63) is 16.7 Å². The van der Waals surface area contributed by atoms with Crippen molar-refractivity contribution in [2.45, 2.75) is 18.9 Å². The van der Waals surface area contributed by atoms with Crippen molar-refractivity contribution < 1.29 is 5.11 Å². The molecule has 1 saturated carbocycles. The molecule has 4 nitrogen and oxygen atoms in total. The summed E-state index contributed by atoms with van der Waals surface area (Å²) >= 11 is 3.29. The number of aromatic nitrogens is 1. The zero-order chi connectivity index (χ0) is 10.8. The highest BCUT2D eigenvalue weighted by molar-refractivity contribution is 9.10. The molecule has 0 radical (unpaired) electrons. The van der Waals surface area contributed by atoms with Gasteiger partial charge in [0.05, 0.1) is 11.8 Å². The maximum atomic E-state index is 9.66. The van der Waals surface area contributed by atoms with Crippen LogP contribution in [0.15, 0.2) is 16.7 Å². The monoisotopic (exact) mass is 271 g/mol. The van der Waals surface area contributed by atoms with Gasteiger partial charge in [0.15, 0.2) is 0 Å².